The molecule has 1 aromatic carbocycles. The molecule has 2 saturated heterocycles. The predicted octanol–water partition coefficient (Wildman–Crippen LogP) is 4.71. The van der Waals surface area contributed by atoms with Crippen LogP contribution in [0.25, 0.3) is 11.1 Å². The fraction of sp³-hybridized carbons (Fsp3) is 0.567. The van der Waals surface area contributed by atoms with E-state index in [4.69, 9.17) is 9.47 Å². The first-order chi connectivity index (χ1) is 19.6. The Morgan fingerprint density at radius 3 is 2.36 bits per heavy atom. The molecule has 1 N–H and O–H groups in total. The van der Waals surface area contributed by atoms with Gasteiger partial charge in [-0.3, -0.25) is 4.79 Å². The molecule has 230 valence electrons. The molecule has 0 saturated carbocycles. The number of esters is 1. The van der Waals surface area contributed by atoms with Gasteiger partial charge >= 0.3 is 12.1 Å². The van der Waals surface area contributed by atoms with Gasteiger partial charge in [-0.05, 0) is 76.4 Å². The average molecular weight is 596 g/mol. The van der Waals surface area contributed by atoms with E-state index in [1.54, 1.807) is 18.2 Å². The van der Waals surface area contributed by atoms with Crippen LogP contribution in [0.5, 0.6) is 5.88 Å². The summed E-state index contributed by atoms with van der Waals surface area (Å²) in [7, 11) is 1.19. The van der Waals surface area contributed by atoms with Gasteiger partial charge in [-0.2, -0.15) is 13.2 Å². The number of alkyl halides is 3. The lowest BCUT2D eigenvalue weighted by atomic mass is 9.89. The number of aliphatic hydroxyl groups excluding tert-OH is 1. The molecule has 0 radical (unpaired) electrons. The Morgan fingerprint density at radius 2 is 1.79 bits per heavy atom. The lowest BCUT2D eigenvalue weighted by Gasteiger charge is -2.38. The van der Waals surface area contributed by atoms with Crippen molar-refractivity contribution in [1.29, 1.82) is 0 Å². The largest absolute Gasteiger partial charge is 0.477 e. The van der Waals surface area contributed by atoms with Crippen LogP contribution >= 0.6 is 0 Å². The Labute approximate surface area is 242 Å². The number of pyridine rings is 1. The van der Waals surface area contributed by atoms with Crippen molar-refractivity contribution >= 4 is 11.9 Å². The number of aliphatic hydroxyl groups is 1. The molecule has 2 atom stereocenters. The number of β-amino-alcohol motifs (C(OH)–C–C–N with tert-alkyl or cyclic N) is 1. The van der Waals surface area contributed by atoms with Crippen molar-refractivity contribution in [1.82, 2.24) is 14.8 Å². The van der Waals surface area contributed by atoms with Crippen LogP contribution in [0.1, 0.15) is 50.4 Å². The van der Waals surface area contributed by atoms with Crippen molar-refractivity contribution in [3.63, 3.8) is 0 Å². The van der Waals surface area contributed by atoms with Gasteiger partial charge in [0.25, 0.3) is 5.91 Å². The molecule has 42 heavy (non-hydrogen) atoms. The summed E-state index contributed by atoms with van der Waals surface area (Å²) in [6.45, 7) is 5.32. The number of likely N-dealkylation sites (tertiary alicyclic amines) is 2. The van der Waals surface area contributed by atoms with Crippen molar-refractivity contribution in [3.05, 3.63) is 47.9 Å². The summed E-state index contributed by atoms with van der Waals surface area (Å²) in [5.41, 5.74) is -2.32. The summed E-state index contributed by atoms with van der Waals surface area (Å²) in [5, 5.41) is 10.1. The molecule has 0 aliphatic carbocycles. The highest BCUT2D eigenvalue weighted by Crippen LogP contribution is 2.39. The second-order valence-corrected chi connectivity index (χ2v) is 12.0. The molecule has 8 nitrogen and oxygen atoms in total. The zero-order valence-electron chi connectivity index (χ0n) is 24.2. The van der Waals surface area contributed by atoms with E-state index < -0.39 is 40.9 Å². The average Bonchev–Trinajstić information content (AvgIpc) is 3.26. The van der Waals surface area contributed by atoms with Gasteiger partial charge in [-0.25, -0.2) is 14.2 Å². The van der Waals surface area contributed by atoms with Gasteiger partial charge in [0.15, 0.2) is 0 Å². The molecule has 2 unspecified atom stereocenters. The van der Waals surface area contributed by atoms with E-state index in [1.807, 2.05) is 4.90 Å². The Hall–Kier alpha value is -3.25. The van der Waals surface area contributed by atoms with E-state index >= 15 is 4.39 Å². The van der Waals surface area contributed by atoms with Gasteiger partial charge in [0.2, 0.25) is 5.88 Å². The van der Waals surface area contributed by atoms with Crippen LogP contribution in [-0.4, -0.2) is 89.5 Å². The number of nitrogens with zero attached hydrogens (tertiary/aromatic N) is 3. The third-order valence-electron chi connectivity index (χ3n) is 8.32. The number of methoxy groups -OCH3 is 1. The minimum atomic E-state index is -4.25. The van der Waals surface area contributed by atoms with Crippen molar-refractivity contribution in [2.24, 2.45) is 11.3 Å². The van der Waals surface area contributed by atoms with Crippen LogP contribution in [0.15, 0.2) is 36.5 Å². The number of aromatic nitrogens is 1. The number of halogens is 4. The topological polar surface area (TPSA) is 92.2 Å². The summed E-state index contributed by atoms with van der Waals surface area (Å²) in [6.07, 6.45) is -2.21. The van der Waals surface area contributed by atoms with Crippen molar-refractivity contribution in [2.45, 2.75) is 57.9 Å². The highest BCUT2D eigenvalue weighted by atomic mass is 19.4. The van der Waals surface area contributed by atoms with Crippen LogP contribution in [0.3, 0.4) is 0 Å². The molecule has 2 aromatic rings. The van der Waals surface area contributed by atoms with Gasteiger partial charge in [-0.15, -0.1) is 0 Å². The second-order valence-electron chi connectivity index (χ2n) is 12.0. The number of ether oxygens (including phenoxy) is 2. The van der Waals surface area contributed by atoms with Crippen LogP contribution < -0.4 is 4.74 Å². The number of piperidine rings is 1. The first-order valence-corrected chi connectivity index (χ1v) is 13.9. The first-order valence-electron chi connectivity index (χ1n) is 13.9. The van der Waals surface area contributed by atoms with E-state index in [1.165, 1.54) is 46.2 Å². The van der Waals surface area contributed by atoms with Crippen molar-refractivity contribution in [2.75, 3.05) is 39.9 Å². The molecule has 2 aliphatic heterocycles. The first kappa shape index (κ1) is 31.7. The standard InChI is InChI=1S/C30H37F4N3O5/c1-28(2,30(32,33)34)18-36-11-9-19(10-12-36)17-42-25-8-6-21(15-35-25)20-5-7-23(24(31)13-20)26(39)37-16-22(38)14-29(37,3)27(40)41-4/h5-8,13,15,19,22,38H,9-12,14,16-18H2,1-4H3. The quantitative estimate of drug-likeness (QED) is 0.349. The number of hydrogen-bond acceptors (Lipinski definition) is 7. The molecule has 0 spiro atoms. The van der Waals surface area contributed by atoms with E-state index in [0.29, 0.717) is 36.7 Å². The number of carbonyl (C=O) groups is 2. The second kappa shape index (κ2) is 12.2. The zero-order chi connectivity index (χ0) is 30.9. The molecule has 1 aromatic heterocycles. The van der Waals surface area contributed by atoms with Gasteiger partial charge < -0.3 is 24.4 Å². The Bertz CT molecular complexity index is 1280. The fourth-order valence-corrected chi connectivity index (χ4v) is 5.58. The Morgan fingerprint density at radius 1 is 1.12 bits per heavy atom. The lowest BCUT2D eigenvalue weighted by Crippen LogP contribution is -2.51. The fourth-order valence-electron chi connectivity index (χ4n) is 5.58. The van der Waals surface area contributed by atoms with Crippen molar-refractivity contribution in [3.8, 4) is 17.0 Å². The molecular weight excluding hydrogens is 558 g/mol. The van der Waals surface area contributed by atoms with E-state index in [-0.39, 0.29) is 31.0 Å². The maximum atomic E-state index is 15.1. The molecular formula is C30H37F4N3O5. The van der Waals surface area contributed by atoms with E-state index in [2.05, 4.69) is 4.98 Å². The third kappa shape index (κ3) is 6.70. The van der Waals surface area contributed by atoms with E-state index in [0.717, 1.165) is 17.7 Å². The van der Waals surface area contributed by atoms with Gasteiger partial charge in [0.1, 0.15) is 11.4 Å². The summed E-state index contributed by atoms with van der Waals surface area (Å²) in [4.78, 5) is 32.8. The predicted molar refractivity (Wildman–Crippen MR) is 146 cm³/mol. The SMILES string of the molecule is COC(=O)C1(C)CC(O)CN1C(=O)c1ccc(-c2ccc(OCC3CCN(CC(C)(C)C(F)(F)F)CC3)nc2)cc1F. The number of rotatable bonds is 8. The van der Waals surface area contributed by atoms with Crippen LogP contribution in [0.2, 0.25) is 0 Å². The molecule has 3 heterocycles. The smallest absolute Gasteiger partial charge is 0.395 e. The number of amides is 1. The monoisotopic (exact) mass is 595 g/mol. The summed E-state index contributed by atoms with van der Waals surface area (Å²) in [6, 6.07) is 7.48. The summed E-state index contributed by atoms with van der Waals surface area (Å²) >= 11 is 0. The molecule has 2 fully saturated rings. The van der Waals surface area contributed by atoms with Crippen LogP contribution in [0, 0.1) is 17.2 Å². The maximum Gasteiger partial charge on any atom is 0.395 e. The van der Waals surface area contributed by atoms with Crippen LogP contribution in [-0.2, 0) is 9.53 Å². The number of benzene rings is 1. The van der Waals surface area contributed by atoms with Gasteiger partial charge in [0.05, 0.1) is 30.8 Å². The normalized spacial score (nSPS) is 22.3. The number of carbonyl (C=O) groups excluding carboxylic acids is 2. The summed E-state index contributed by atoms with van der Waals surface area (Å²) in [5.74, 6) is -1.61. The molecule has 4 rings (SSSR count). The maximum absolute atomic E-state index is 15.1. The van der Waals surface area contributed by atoms with Gasteiger partial charge in [0, 0.05) is 37.3 Å². The summed E-state index contributed by atoms with van der Waals surface area (Å²) < 4.78 is 65.4. The molecule has 0 bridgehead atoms. The molecule has 1 amide bonds. The number of hydrogen-bond donors (Lipinski definition) is 1. The molecule has 12 heteroatoms. The Kier molecular flexibility index (Phi) is 9.17. The third-order valence-corrected chi connectivity index (χ3v) is 8.32. The Balaban J connectivity index is 1.33. The lowest BCUT2D eigenvalue weighted by molar-refractivity contribution is -0.217. The van der Waals surface area contributed by atoms with Crippen LogP contribution in [0.4, 0.5) is 17.6 Å². The highest BCUT2D eigenvalue weighted by molar-refractivity contribution is 5.99. The zero-order valence-corrected chi connectivity index (χ0v) is 24.2. The molecule has 2 aliphatic rings. The van der Waals surface area contributed by atoms with Gasteiger partial charge in [-0.1, -0.05) is 6.07 Å². The minimum absolute atomic E-state index is 0.00923. The minimum Gasteiger partial charge on any atom is -0.477 e. The highest BCUT2D eigenvalue weighted by Gasteiger charge is 2.51. The van der Waals surface area contributed by atoms with E-state index in [9.17, 15) is 27.9 Å². The van der Waals surface area contributed by atoms with Crippen molar-refractivity contribution < 1.29 is 41.7 Å².